The van der Waals surface area contributed by atoms with Gasteiger partial charge in [-0.2, -0.15) is 5.26 Å². The highest BCUT2D eigenvalue weighted by molar-refractivity contribution is 7.48. The summed E-state index contributed by atoms with van der Waals surface area (Å²) in [6.45, 7) is 23.6. The number of phosphoric ester groups is 1. The van der Waals surface area contributed by atoms with Gasteiger partial charge in [-0.3, -0.25) is 42.3 Å². The molecule has 20 heteroatoms. The molecule has 0 spiro atoms. The third-order valence-corrected chi connectivity index (χ3v) is 26.7. The van der Waals surface area contributed by atoms with Gasteiger partial charge in [-0.25, -0.2) is 14.2 Å². The molecule has 0 saturated carbocycles. The van der Waals surface area contributed by atoms with E-state index in [4.69, 9.17) is 31.9 Å². The van der Waals surface area contributed by atoms with Crippen LogP contribution >= 0.6 is 7.82 Å². The van der Waals surface area contributed by atoms with Crippen molar-refractivity contribution in [2.45, 2.75) is 134 Å². The van der Waals surface area contributed by atoms with Crippen molar-refractivity contribution >= 4 is 45.2 Å². The number of H-pyrrole nitrogens is 2. The average molecular weight is 1140 g/mol. The van der Waals surface area contributed by atoms with Gasteiger partial charge in [0.2, 0.25) is 0 Å². The highest BCUT2D eigenvalue weighted by Gasteiger charge is 2.59. The van der Waals surface area contributed by atoms with Gasteiger partial charge in [-0.15, -0.1) is 13.2 Å². The Morgan fingerprint density at radius 3 is 1.64 bits per heavy atom. The number of aromatic nitrogens is 4. The third kappa shape index (κ3) is 12.0. The summed E-state index contributed by atoms with van der Waals surface area (Å²) in [5, 5.41) is 12.6. The lowest BCUT2D eigenvalue weighted by molar-refractivity contribution is -0.103. The van der Waals surface area contributed by atoms with Crippen LogP contribution in [0, 0.1) is 25.2 Å². The fraction of sp³-hybridized carbons (Fsp3) is 0.383. The molecule has 17 nitrogen and oxygen atoms in total. The van der Waals surface area contributed by atoms with E-state index in [0.29, 0.717) is 0 Å². The number of aromatic amines is 2. The SMILES string of the molecule is C=CC[C@H](OP(=O)(OCCC#N)O[C@H]1C[C@H](n2cc(C)c(=O)[nH]c2=O)O[C@]1(C=C)CO[Si](c1ccccc1)(c1ccccc1)C(C)(C)C)[C@H]1O[C@@H](n2cc(C)c(=O)[nH]c2=O)C[C@@H]1O[Si](c1ccccc1)(c1ccccc1)C(C)(C)C. The summed E-state index contributed by atoms with van der Waals surface area (Å²) in [7, 11) is -11.8. The van der Waals surface area contributed by atoms with E-state index in [1.807, 2.05) is 127 Å². The van der Waals surface area contributed by atoms with Gasteiger partial charge >= 0.3 is 19.2 Å². The smallest absolute Gasteiger partial charge is 0.404 e. The molecule has 2 aromatic heterocycles. The molecule has 2 aliphatic heterocycles. The normalized spacial score (nSPS) is 21.8. The predicted molar refractivity (Wildman–Crippen MR) is 313 cm³/mol. The van der Waals surface area contributed by atoms with Crippen LogP contribution in [-0.4, -0.2) is 79.0 Å². The monoisotopic (exact) mass is 1140 g/mol. The van der Waals surface area contributed by atoms with Crippen molar-refractivity contribution in [3.05, 3.63) is 212 Å². The number of ether oxygens (including phenoxy) is 2. The van der Waals surface area contributed by atoms with Crippen molar-refractivity contribution in [1.29, 1.82) is 5.26 Å². The van der Waals surface area contributed by atoms with Crippen LogP contribution in [0.4, 0.5) is 0 Å². The molecule has 2 aliphatic rings. The molecule has 0 aliphatic carbocycles. The summed E-state index contributed by atoms with van der Waals surface area (Å²) in [4.78, 5) is 57.7. The van der Waals surface area contributed by atoms with Gasteiger partial charge in [0.1, 0.15) is 36.4 Å². The Balaban J connectivity index is 1.26. The van der Waals surface area contributed by atoms with Crippen molar-refractivity contribution < 1.29 is 36.5 Å². The summed E-state index contributed by atoms with van der Waals surface area (Å²) in [5.41, 5.74) is -3.80. The Morgan fingerprint density at radius 2 is 1.20 bits per heavy atom. The second kappa shape index (κ2) is 24.4. The van der Waals surface area contributed by atoms with E-state index in [-0.39, 0.29) is 43.4 Å². The van der Waals surface area contributed by atoms with E-state index in [2.05, 4.69) is 64.7 Å². The van der Waals surface area contributed by atoms with E-state index < -0.39 is 106 Å². The van der Waals surface area contributed by atoms with Gasteiger partial charge in [0.15, 0.2) is 0 Å². The fourth-order valence-electron chi connectivity index (χ4n) is 11.2. The second-order valence-electron chi connectivity index (χ2n) is 22.4. The van der Waals surface area contributed by atoms with Gasteiger partial charge in [0.05, 0.1) is 31.8 Å². The van der Waals surface area contributed by atoms with Crippen LogP contribution in [0.15, 0.2) is 178 Å². The first-order valence-corrected chi connectivity index (χ1v) is 32.1. The van der Waals surface area contributed by atoms with Crippen LogP contribution in [0.3, 0.4) is 0 Å². The van der Waals surface area contributed by atoms with Crippen LogP contribution in [-0.2, 0) is 36.5 Å². The minimum Gasteiger partial charge on any atom is -0.404 e. The second-order valence-corrected chi connectivity index (χ2v) is 32.6. The number of hydrogen-bond donors (Lipinski definition) is 2. The average Bonchev–Trinajstić information content (AvgIpc) is 4.11. The summed E-state index contributed by atoms with van der Waals surface area (Å²) in [5.74, 6) is 0. The Morgan fingerprint density at radius 1 is 0.738 bits per heavy atom. The van der Waals surface area contributed by atoms with Crippen molar-refractivity contribution in [2.24, 2.45) is 0 Å². The number of rotatable bonds is 22. The summed E-state index contributed by atoms with van der Waals surface area (Å²) >= 11 is 0. The van der Waals surface area contributed by atoms with Gasteiger partial charge in [-0.1, -0.05) is 175 Å². The molecule has 6 aromatic rings. The molecule has 0 radical (unpaired) electrons. The largest absolute Gasteiger partial charge is 0.475 e. The molecule has 1 unspecified atom stereocenters. The molecule has 8 rings (SSSR count). The number of hydrogen-bond acceptors (Lipinski definition) is 13. The van der Waals surface area contributed by atoms with Crippen LogP contribution in [0.25, 0.3) is 0 Å². The summed E-state index contributed by atoms with van der Waals surface area (Å²) in [6.07, 6.45) is -1.20. The van der Waals surface area contributed by atoms with E-state index in [0.717, 1.165) is 20.7 Å². The topological polar surface area (TPSA) is 215 Å². The van der Waals surface area contributed by atoms with Crippen LogP contribution in [0.5, 0.6) is 0 Å². The minimum atomic E-state index is -4.99. The summed E-state index contributed by atoms with van der Waals surface area (Å²) < 4.78 is 67.7. The van der Waals surface area contributed by atoms with Crippen molar-refractivity contribution in [3.63, 3.8) is 0 Å². The lowest BCUT2D eigenvalue weighted by atomic mass is 9.98. The number of nitrogens with one attached hydrogen (secondary N) is 2. The molecule has 4 heterocycles. The van der Waals surface area contributed by atoms with E-state index >= 15 is 4.57 Å². The molecular formula is C60H72N5O12PSi2. The molecule has 8 atom stereocenters. The molecule has 422 valence electrons. The Labute approximate surface area is 468 Å². The van der Waals surface area contributed by atoms with Gasteiger partial charge < -0.3 is 18.3 Å². The first kappa shape index (κ1) is 59.7. The number of nitrogens with zero attached hydrogens (tertiary/aromatic N) is 3. The van der Waals surface area contributed by atoms with Gasteiger partial charge in [-0.05, 0) is 51.1 Å². The van der Waals surface area contributed by atoms with Crippen LogP contribution in [0.2, 0.25) is 10.1 Å². The Bertz CT molecular complexity index is 3390. The lowest BCUT2D eigenvalue weighted by Crippen LogP contribution is -2.68. The minimum absolute atomic E-state index is 0.0219. The molecule has 80 heavy (non-hydrogen) atoms. The van der Waals surface area contributed by atoms with Crippen molar-refractivity contribution in [2.75, 3.05) is 13.2 Å². The molecule has 2 N–H and O–H groups in total. The van der Waals surface area contributed by atoms with E-state index in [9.17, 15) is 24.4 Å². The van der Waals surface area contributed by atoms with Gasteiger partial charge in [0.25, 0.3) is 27.8 Å². The molecule has 0 bridgehead atoms. The maximum absolute atomic E-state index is 16.2. The molecule has 4 aromatic carbocycles. The number of aryl methyl sites for hydroxylation is 2. The Kier molecular flexibility index (Phi) is 18.2. The zero-order valence-corrected chi connectivity index (χ0v) is 49.6. The fourth-order valence-corrected chi connectivity index (χ4v) is 22.1. The van der Waals surface area contributed by atoms with E-state index in [1.165, 1.54) is 27.6 Å². The molecule has 0 amide bonds. The van der Waals surface area contributed by atoms with Crippen LogP contribution in [0.1, 0.15) is 90.8 Å². The Hall–Kier alpha value is -6.41. The first-order valence-electron chi connectivity index (χ1n) is 26.8. The van der Waals surface area contributed by atoms with Crippen molar-refractivity contribution in [3.8, 4) is 6.07 Å². The predicted octanol–water partition coefficient (Wildman–Crippen LogP) is 7.74. The maximum atomic E-state index is 16.2. The number of nitriles is 1. The summed E-state index contributed by atoms with van der Waals surface area (Å²) in [6, 6.07) is 41.9. The molecule has 2 saturated heterocycles. The third-order valence-electron chi connectivity index (χ3n) is 15.1. The van der Waals surface area contributed by atoms with Gasteiger partial charge in [0, 0.05) is 36.4 Å². The molecular weight excluding hydrogens is 1070 g/mol. The lowest BCUT2D eigenvalue weighted by Gasteiger charge is -2.46. The van der Waals surface area contributed by atoms with E-state index in [1.54, 1.807) is 19.9 Å². The highest BCUT2D eigenvalue weighted by Crippen LogP contribution is 2.58. The number of benzene rings is 4. The first-order chi connectivity index (χ1) is 38.0. The molecule has 2 fully saturated rings. The zero-order chi connectivity index (χ0) is 57.7. The maximum Gasteiger partial charge on any atom is 0.475 e. The standard InChI is InChI=1S/C60H72N5O12PSi2/c1-11-26-48(53-49(37-51(73-53)64-39-42(3)54(66)62-56(64)68)77-80(59(8,9)10,46-31-21-15-22-32-46)47-33-23-16-24-34-47)75-78(70,71-36-25-35-61)76-50-38-52(65-40-43(4)55(67)63-57(65)69)74-60(50,12-2)41-72-79(58(5,6)7,44-27-17-13-18-28-44)45-29-19-14-20-30-45/h11-24,27-34,39-40,48-53H,1-2,25-26,36-38,41H2,3-10H3,(H,62,66,68)(H,63,67,69)/t48-,49-,50-,51+,52+,53+,60+,78?/m0/s1. The number of phosphoric acid groups is 1. The van der Waals surface area contributed by atoms with Crippen molar-refractivity contribution in [1.82, 2.24) is 19.1 Å². The van der Waals surface area contributed by atoms with Crippen LogP contribution < -0.4 is 43.2 Å². The highest BCUT2D eigenvalue weighted by atomic mass is 31.2. The zero-order valence-electron chi connectivity index (χ0n) is 46.7. The quantitative estimate of drug-likeness (QED) is 0.0288.